The molecular formula is C15H20ClN5O2S2. The number of hydrogen-bond acceptors (Lipinski definition) is 6. The van der Waals surface area contributed by atoms with Crippen LogP contribution in [0.4, 0.5) is 5.95 Å². The van der Waals surface area contributed by atoms with Crippen LogP contribution in [0.1, 0.15) is 19.3 Å². The maximum Gasteiger partial charge on any atom is 0.232 e. The first-order valence-corrected chi connectivity index (χ1v) is 11.1. The quantitative estimate of drug-likeness (QED) is 0.565. The molecule has 1 aromatic heterocycles. The van der Waals surface area contributed by atoms with E-state index in [2.05, 4.69) is 15.1 Å². The summed E-state index contributed by atoms with van der Waals surface area (Å²) in [5.74, 6) is 1.32. The summed E-state index contributed by atoms with van der Waals surface area (Å²) >= 11 is 7.84. The first-order chi connectivity index (χ1) is 12.0. The zero-order valence-electron chi connectivity index (χ0n) is 13.6. The monoisotopic (exact) mass is 401 g/mol. The van der Waals surface area contributed by atoms with Crippen LogP contribution in [0.3, 0.4) is 0 Å². The number of rotatable bonds is 7. The van der Waals surface area contributed by atoms with E-state index in [0.717, 1.165) is 37.6 Å². The maximum atomic E-state index is 11.1. The zero-order valence-corrected chi connectivity index (χ0v) is 16.0. The molecule has 0 aliphatic carbocycles. The molecule has 3 rings (SSSR count). The average molecular weight is 402 g/mol. The summed E-state index contributed by atoms with van der Waals surface area (Å²) < 4.78 is 24.1. The van der Waals surface area contributed by atoms with Crippen molar-refractivity contribution in [2.45, 2.75) is 24.4 Å². The SMILES string of the molecule is NS(=O)(=O)CCCSc1nnc(N2CCCC2)n1-c1ccccc1Cl. The summed E-state index contributed by atoms with van der Waals surface area (Å²) in [6.45, 7) is 1.89. The topological polar surface area (TPSA) is 94.1 Å². The molecule has 136 valence electrons. The lowest BCUT2D eigenvalue weighted by atomic mass is 10.3. The van der Waals surface area contributed by atoms with Crippen LogP contribution >= 0.6 is 23.4 Å². The highest BCUT2D eigenvalue weighted by Crippen LogP contribution is 2.31. The summed E-state index contributed by atoms with van der Waals surface area (Å²) in [5, 5.41) is 15.0. The predicted molar refractivity (Wildman–Crippen MR) is 101 cm³/mol. The maximum absolute atomic E-state index is 11.1. The van der Waals surface area contributed by atoms with Crippen LogP contribution in [0, 0.1) is 0 Å². The lowest BCUT2D eigenvalue weighted by Gasteiger charge is -2.19. The number of nitrogens with zero attached hydrogens (tertiary/aromatic N) is 4. The molecule has 0 spiro atoms. The molecule has 0 amide bonds. The van der Waals surface area contributed by atoms with Crippen molar-refractivity contribution < 1.29 is 8.42 Å². The Morgan fingerprint density at radius 1 is 1.20 bits per heavy atom. The number of para-hydroxylation sites is 1. The molecule has 2 aromatic rings. The Balaban J connectivity index is 1.86. The summed E-state index contributed by atoms with van der Waals surface area (Å²) in [6, 6.07) is 7.56. The Bertz CT molecular complexity index is 834. The van der Waals surface area contributed by atoms with E-state index in [1.165, 1.54) is 11.8 Å². The molecule has 1 aliphatic heterocycles. The Hall–Kier alpha value is -1.29. The highest BCUT2D eigenvalue weighted by atomic mass is 35.5. The second-order valence-electron chi connectivity index (χ2n) is 5.83. The largest absolute Gasteiger partial charge is 0.341 e. The van der Waals surface area contributed by atoms with Gasteiger partial charge in [-0.3, -0.25) is 4.57 Å². The fourth-order valence-corrected chi connectivity index (χ4v) is 4.57. The number of halogens is 1. The second kappa shape index (κ2) is 7.94. The van der Waals surface area contributed by atoms with Gasteiger partial charge in [0.05, 0.1) is 16.5 Å². The number of nitrogens with two attached hydrogens (primary N) is 1. The van der Waals surface area contributed by atoms with Crippen LogP contribution in [0.25, 0.3) is 5.69 Å². The second-order valence-corrected chi connectivity index (χ2v) is 9.04. The number of anilines is 1. The molecule has 2 heterocycles. The summed E-state index contributed by atoms with van der Waals surface area (Å²) in [7, 11) is -3.44. The predicted octanol–water partition coefficient (Wildman–Crippen LogP) is 2.29. The normalized spacial score (nSPS) is 15.0. The van der Waals surface area contributed by atoms with Crippen LogP contribution in [0.15, 0.2) is 29.4 Å². The van der Waals surface area contributed by atoms with Crippen molar-refractivity contribution in [3.63, 3.8) is 0 Å². The van der Waals surface area contributed by atoms with Gasteiger partial charge >= 0.3 is 0 Å². The molecule has 25 heavy (non-hydrogen) atoms. The van der Waals surface area contributed by atoms with Gasteiger partial charge in [-0.15, -0.1) is 10.2 Å². The van der Waals surface area contributed by atoms with Crippen molar-refractivity contribution >= 4 is 39.3 Å². The molecule has 2 N–H and O–H groups in total. The van der Waals surface area contributed by atoms with Crippen LogP contribution in [0.2, 0.25) is 5.02 Å². The van der Waals surface area contributed by atoms with Crippen molar-refractivity contribution in [1.82, 2.24) is 14.8 Å². The van der Waals surface area contributed by atoms with E-state index in [4.69, 9.17) is 16.7 Å². The first kappa shape index (κ1) is 18.5. The van der Waals surface area contributed by atoms with Gasteiger partial charge in [-0.2, -0.15) is 0 Å². The van der Waals surface area contributed by atoms with Gasteiger partial charge in [-0.25, -0.2) is 13.6 Å². The number of thioether (sulfide) groups is 1. The first-order valence-electron chi connectivity index (χ1n) is 8.04. The van der Waals surface area contributed by atoms with Crippen LogP contribution in [-0.2, 0) is 10.0 Å². The van der Waals surface area contributed by atoms with Crippen molar-refractivity contribution in [2.75, 3.05) is 29.5 Å². The third-order valence-corrected chi connectivity index (χ3v) is 6.10. The lowest BCUT2D eigenvalue weighted by molar-refractivity contribution is 0.596. The van der Waals surface area contributed by atoms with Gasteiger partial charge in [0.1, 0.15) is 0 Å². The Morgan fingerprint density at radius 3 is 2.60 bits per heavy atom. The van der Waals surface area contributed by atoms with Gasteiger partial charge in [0.15, 0.2) is 5.16 Å². The number of benzene rings is 1. The van der Waals surface area contributed by atoms with E-state index < -0.39 is 10.0 Å². The molecule has 0 unspecified atom stereocenters. The number of primary sulfonamides is 1. The van der Waals surface area contributed by atoms with Gasteiger partial charge in [0.2, 0.25) is 16.0 Å². The van der Waals surface area contributed by atoms with E-state index in [1.54, 1.807) is 0 Å². The van der Waals surface area contributed by atoms with Crippen LogP contribution in [0.5, 0.6) is 0 Å². The van der Waals surface area contributed by atoms with E-state index >= 15 is 0 Å². The molecule has 1 aromatic carbocycles. The highest BCUT2D eigenvalue weighted by Gasteiger charge is 2.23. The van der Waals surface area contributed by atoms with E-state index in [-0.39, 0.29) is 5.75 Å². The molecule has 0 bridgehead atoms. The molecule has 0 saturated carbocycles. The van der Waals surface area contributed by atoms with Crippen molar-refractivity contribution in [2.24, 2.45) is 5.14 Å². The third-order valence-electron chi connectivity index (χ3n) is 3.90. The molecule has 1 saturated heterocycles. The molecular weight excluding hydrogens is 382 g/mol. The Morgan fingerprint density at radius 2 is 1.92 bits per heavy atom. The molecule has 7 nitrogen and oxygen atoms in total. The molecule has 10 heteroatoms. The zero-order chi connectivity index (χ0) is 17.9. The minimum atomic E-state index is -3.44. The molecule has 1 aliphatic rings. The summed E-state index contributed by atoms with van der Waals surface area (Å²) in [6.07, 6.45) is 2.72. The minimum absolute atomic E-state index is 0.0424. The minimum Gasteiger partial charge on any atom is -0.341 e. The number of sulfonamides is 1. The Labute approximate surface area is 156 Å². The Kier molecular flexibility index (Phi) is 5.88. The van der Waals surface area contributed by atoms with Gasteiger partial charge < -0.3 is 4.90 Å². The third kappa shape index (κ3) is 4.66. The summed E-state index contributed by atoms with van der Waals surface area (Å²) in [5.41, 5.74) is 0.824. The summed E-state index contributed by atoms with van der Waals surface area (Å²) in [4.78, 5) is 2.20. The molecule has 0 atom stereocenters. The molecule has 1 fully saturated rings. The average Bonchev–Trinajstić information content (AvgIpc) is 3.20. The lowest BCUT2D eigenvalue weighted by Crippen LogP contribution is -2.22. The van der Waals surface area contributed by atoms with Crippen molar-refractivity contribution in [3.8, 4) is 5.69 Å². The van der Waals surface area contributed by atoms with Crippen LogP contribution in [-0.4, -0.2) is 47.8 Å². The van der Waals surface area contributed by atoms with E-state index in [0.29, 0.717) is 22.4 Å². The number of hydrogen-bond donors (Lipinski definition) is 1. The van der Waals surface area contributed by atoms with Gasteiger partial charge in [0.25, 0.3) is 0 Å². The molecule has 0 radical (unpaired) electrons. The van der Waals surface area contributed by atoms with Crippen molar-refractivity contribution in [1.29, 1.82) is 0 Å². The van der Waals surface area contributed by atoms with Gasteiger partial charge in [-0.05, 0) is 31.4 Å². The highest BCUT2D eigenvalue weighted by molar-refractivity contribution is 7.99. The van der Waals surface area contributed by atoms with Crippen LogP contribution < -0.4 is 10.0 Å². The van der Waals surface area contributed by atoms with Crippen molar-refractivity contribution in [3.05, 3.63) is 29.3 Å². The smallest absolute Gasteiger partial charge is 0.232 e. The van der Waals surface area contributed by atoms with E-state index in [1.807, 2.05) is 28.8 Å². The fraction of sp³-hybridized carbons (Fsp3) is 0.467. The van der Waals surface area contributed by atoms with Gasteiger partial charge in [0, 0.05) is 18.8 Å². The standard InChI is InChI=1S/C15H20ClN5O2S2/c16-12-6-1-2-7-13(12)21-14(20-8-3-4-9-20)18-19-15(21)24-10-5-11-25(17,22)23/h1-2,6-7H,3-5,8-11H2,(H2,17,22,23). The number of aromatic nitrogens is 3. The fourth-order valence-electron chi connectivity index (χ4n) is 2.75. The van der Waals surface area contributed by atoms with Gasteiger partial charge in [-0.1, -0.05) is 35.5 Å². The van der Waals surface area contributed by atoms with E-state index in [9.17, 15) is 8.42 Å².